The molecule has 0 aliphatic carbocycles. The number of hydrogen-bond acceptors (Lipinski definition) is 1. The Morgan fingerprint density at radius 2 is 1.29 bits per heavy atom. The third-order valence-electron chi connectivity index (χ3n) is 2.77. The molecule has 2 heteroatoms. The third kappa shape index (κ3) is 2.94. The summed E-state index contributed by atoms with van der Waals surface area (Å²) in [5.41, 5.74) is 0.287. The van der Waals surface area contributed by atoms with E-state index < -0.39 is 7.92 Å². The SMILES string of the molecule is C[C@H](CO)P(c1ccccc1)c1ccccc1. The van der Waals surface area contributed by atoms with Crippen LogP contribution in [0.15, 0.2) is 60.7 Å². The van der Waals surface area contributed by atoms with Crippen LogP contribution in [-0.2, 0) is 0 Å². The minimum absolute atomic E-state index is 0.232. The van der Waals surface area contributed by atoms with Crippen LogP contribution < -0.4 is 10.6 Å². The average molecular weight is 244 g/mol. The Morgan fingerprint density at radius 1 is 0.882 bits per heavy atom. The van der Waals surface area contributed by atoms with E-state index >= 15 is 0 Å². The van der Waals surface area contributed by atoms with Gasteiger partial charge < -0.3 is 5.11 Å². The van der Waals surface area contributed by atoms with Crippen molar-refractivity contribution in [1.82, 2.24) is 0 Å². The fraction of sp³-hybridized carbons (Fsp3) is 0.200. The van der Waals surface area contributed by atoms with E-state index in [1.807, 2.05) is 12.1 Å². The van der Waals surface area contributed by atoms with Gasteiger partial charge in [-0.15, -0.1) is 0 Å². The first-order valence-electron chi connectivity index (χ1n) is 5.83. The molecule has 0 radical (unpaired) electrons. The van der Waals surface area contributed by atoms with Crippen molar-refractivity contribution in [3.63, 3.8) is 0 Å². The van der Waals surface area contributed by atoms with Crippen molar-refractivity contribution >= 4 is 18.5 Å². The second kappa shape index (κ2) is 5.95. The van der Waals surface area contributed by atoms with E-state index in [0.29, 0.717) is 0 Å². The van der Waals surface area contributed by atoms with Gasteiger partial charge in [-0.2, -0.15) is 0 Å². The molecule has 1 atom stereocenters. The number of aliphatic hydroxyl groups excluding tert-OH is 1. The Morgan fingerprint density at radius 3 is 1.65 bits per heavy atom. The summed E-state index contributed by atoms with van der Waals surface area (Å²) in [6.45, 7) is 2.35. The molecule has 0 saturated heterocycles. The molecule has 0 fully saturated rings. The molecule has 0 bridgehead atoms. The summed E-state index contributed by atoms with van der Waals surface area (Å²) in [6, 6.07) is 21.0. The van der Waals surface area contributed by atoms with E-state index in [-0.39, 0.29) is 12.3 Å². The van der Waals surface area contributed by atoms with Crippen LogP contribution in [-0.4, -0.2) is 17.4 Å². The highest BCUT2D eigenvalue weighted by molar-refractivity contribution is 7.73. The molecule has 88 valence electrons. The molecule has 2 aromatic carbocycles. The lowest BCUT2D eigenvalue weighted by atomic mass is 10.4. The molecule has 2 rings (SSSR count). The van der Waals surface area contributed by atoms with Crippen LogP contribution in [0.3, 0.4) is 0 Å². The molecule has 0 aliphatic rings. The van der Waals surface area contributed by atoms with E-state index in [1.54, 1.807) is 0 Å². The summed E-state index contributed by atoms with van der Waals surface area (Å²) in [5, 5.41) is 12.1. The van der Waals surface area contributed by atoms with E-state index in [2.05, 4.69) is 55.5 Å². The molecule has 1 N–H and O–H groups in total. The van der Waals surface area contributed by atoms with Gasteiger partial charge in [0.1, 0.15) is 0 Å². The molecule has 0 unspecified atom stereocenters. The predicted molar refractivity (Wildman–Crippen MR) is 75.6 cm³/mol. The second-order valence-corrected chi connectivity index (χ2v) is 6.73. The van der Waals surface area contributed by atoms with Gasteiger partial charge in [0, 0.05) is 5.66 Å². The van der Waals surface area contributed by atoms with Crippen LogP contribution in [0, 0.1) is 0 Å². The van der Waals surface area contributed by atoms with Gasteiger partial charge in [0.15, 0.2) is 0 Å². The second-order valence-electron chi connectivity index (χ2n) is 4.07. The van der Waals surface area contributed by atoms with E-state index in [9.17, 15) is 5.11 Å². The van der Waals surface area contributed by atoms with Crippen molar-refractivity contribution < 1.29 is 5.11 Å². The summed E-state index contributed by atoms with van der Waals surface area (Å²) in [6.07, 6.45) is 0. The molecular weight excluding hydrogens is 227 g/mol. The normalized spacial score (nSPS) is 12.6. The summed E-state index contributed by atoms with van der Waals surface area (Å²) in [7, 11) is -0.462. The summed E-state index contributed by atoms with van der Waals surface area (Å²) >= 11 is 0. The highest BCUT2D eigenvalue weighted by Gasteiger charge is 2.19. The van der Waals surface area contributed by atoms with Crippen molar-refractivity contribution in [2.75, 3.05) is 6.61 Å². The van der Waals surface area contributed by atoms with Crippen molar-refractivity contribution in [2.24, 2.45) is 0 Å². The Labute approximate surface area is 104 Å². The van der Waals surface area contributed by atoms with Gasteiger partial charge in [-0.3, -0.25) is 0 Å². The van der Waals surface area contributed by atoms with Crippen molar-refractivity contribution in [1.29, 1.82) is 0 Å². The number of rotatable bonds is 4. The number of hydrogen-bond donors (Lipinski definition) is 1. The van der Waals surface area contributed by atoms with Crippen molar-refractivity contribution in [3.05, 3.63) is 60.7 Å². The van der Waals surface area contributed by atoms with Gasteiger partial charge >= 0.3 is 0 Å². The number of aliphatic hydroxyl groups is 1. The van der Waals surface area contributed by atoms with Gasteiger partial charge in [0.25, 0.3) is 0 Å². The highest BCUT2D eigenvalue weighted by atomic mass is 31.1. The first-order chi connectivity index (χ1) is 8.33. The molecule has 0 amide bonds. The van der Waals surface area contributed by atoms with Crippen molar-refractivity contribution in [3.8, 4) is 0 Å². The molecule has 1 nitrogen and oxygen atoms in total. The Bertz CT molecular complexity index is 401. The summed E-state index contributed by atoms with van der Waals surface area (Å²) in [4.78, 5) is 0. The average Bonchev–Trinajstić information content (AvgIpc) is 2.41. The maximum Gasteiger partial charge on any atom is 0.0501 e. The van der Waals surface area contributed by atoms with Gasteiger partial charge in [-0.1, -0.05) is 67.6 Å². The van der Waals surface area contributed by atoms with Crippen LogP contribution in [0.5, 0.6) is 0 Å². The molecule has 0 aromatic heterocycles. The minimum atomic E-state index is -0.462. The van der Waals surface area contributed by atoms with Gasteiger partial charge in [0.2, 0.25) is 0 Å². The smallest absolute Gasteiger partial charge is 0.0501 e. The lowest BCUT2D eigenvalue weighted by Crippen LogP contribution is -2.21. The lowest BCUT2D eigenvalue weighted by molar-refractivity contribution is 0.299. The van der Waals surface area contributed by atoms with Crippen LogP contribution in [0.1, 0.15) is 6.92 Å². The van der Waals surface area contributed by atoms with E-state index in [0.717, 1.165) is 0 Å². The van der Waals surface area contributed by atoms with E-state index in [1.165, 1.54) is 10.6 Å². The lowest BCUT2D eigenvalue weighted by Gasteiger charge is -2.24. The van der Waals surface area contributed by atoms with Crippen LogP contribution in [0.2, 0.25) is 0 Å². The van der Waals surface area contributed by atoms with Crippen LogP contribution >= 0.6 is 7.92 Å². The Hall–Kier alpha value is -1.17. The largest absolute Gasteiger partial charge is 0.396 e. The van der Waals surface area contributed by atoms with E-state index in [4.69, 9.17) is 0 Å². The van der Waals surface area contributed by atoms with Crippen LogP contribution in [0.25, 0.3) is 0 Å². The molecule has 0 aliphatic heterocycles. The topological polar surface area (TPSA) is 20.2 Å². The van der Waals surface area contributed by atoms with Gasteiger partial charge in [-0.25, -0.2) is 0 Å². The highest BCUT2D eigenvalue weighted by Crippen LogP contribution is 2.38. The van der Waals surface area contributed by atoms with Gasteiger partial charge in [-0.05, 0) is 18.5 Å². The molecule has 0 spiro atoms. The Kier molecular flexibility index (Phi) is 4.30. The Balaban J connectivity index is 2.39. The zero-order valence-electron chi connectivity index (χ0n) is 9.95. The molecule has 0 saturated carbocycles. The molecule has 17 heavy (non-hydrogen) atoms. The molecule has 2 aromatic rings. The number of benzene rings is 2. The zero-order valence-corrected chi connectivity index (χ0v) is 10.8. The first-order valence-corrected chi connectivity index (χ1v) is 7.24. The maximum absolute atomic E-state index is 9.44. The quantitative estimate of drug-likeness (QED) is 0.819. The molecular formula is C15H17OP. The fourth-order valence-corrected chi connectivity index (χ4v) is 4.38. The van der Waals surface area contributed by atoms with Crippen molar-refractivity contribution in [2.45, 2.75) is 12.6 Å². The maximum atomic E-state index is 9.44. The van der Waals surface area contributed by atoms with Gasteiger partial charge in [0.05, 0.1) is 6.61 Å². The fourth-order valence-electron chi connectivity index (χ4n) is 1.92. The standard InChI is InChI=1S/C15H17OP/c1-13(12-16)17(14-8-4-2-5-9-14)15-10-6-3-7-11-15/h2-11,13,16H,12H2,1H3/t13-/m1/s1. The first kappa shape index (κ1) is 12.3. The summed E-state index contributed by atoms with van der Waals surface area (Å²) < 4.78 is 0. The monoisotopic (exact) mass is 244 g/mol. The third-order valence-corrected chi connectivity index (χ3v) is 5.53. The zero-order chi connectivity index (χ0) is 12.1. The minimum Gasteiger partial charge on any atom is -0.396 e. The molecule has 0 heterocycles. The van der Waals surface area contributed by atoms with Crippen LogP contribution in [0.4, 0.5) is 0 Å². The predicted octanol–water partition coefficient (Wildman–Crippen LogP) is 2.50. The summed E-state index contributed by atoms with van der Waals surface area (Å²) in [5.74, 6) is 0.